The van der Waals surface area contributed by atoms with Gasteiger partial charge in [-0.3, -0.25) is 5.32 Å². The highest BCUT2D eigenvalue weighted by Crippen LogP contribution is 2.27. The second kappa shape index (κ2) is 6.78. The molecule has 1 atom stereocenters. The molecular formula is C12H16N4O2S2. The third-order valence-electron chi connectivity index (χ3n) is 2.65. The molecule has 0 bridgehead atoms. The smallest absolute Gasteiger partial charge is 0.321 e. The maximum Gasteiger partial charge on any atom is 0.321 e. The molecule has 2 rings (SSSR count). The Kier molecular flexibility index (Phi) is 5.05. The van der Waals surface area contributed by atoms with Crippen LogP contribution in [0.1, 0.15) is 13.8 Å². The standard InChI is InChI=1S/C12H16N4O2S2/c1-7(2)9(17)5-13-11(18)14-12-16-15-10(20-12)8-3-4-19-6-8/h3-4,6-7,9,17H,5H2,1-2H3,(H2,13,14,16,18). The molecule has 2 heterocycles. The molecule has 0 radical (unpaired) electrons. The van der Waals surface area contributed by atoms with E-state index in [2.05, 4.69) is 20.8 Å². The first kappa shape index (κ1) is 14.9. The van der Waals surface area contributed by atoms with E-state index in [1.54, 1.807) is 11.3 Å². The number of aliphatic hydroxyl groups is 1. The number of carbonyl (C=O) groups is 1. The van der Waals surface area contributed by atoms with E-state index in [1.165, 1.54) is 11.3 Å². The zero-order valence-corrected chi connectivity index (χ0v) is 12.8. The molecule has 0 aliphatic rings. The van der Waals surface area contributed by atoms with Gasteiger partial charge in [-0.05, 0) is 17.4 Å². The number of nitrogens with one attached hydrogen (secondary N) is 2. The van der Waals surface area contributed by atoms with Crippen molar-refractivity contribution in [2.45, 2.75) is 20.0 Å². The third kappa shape index (κ3) is 3.99. The van der Waals surface area contributed by atoms with Crippen LogP contribution < -0.4 is 10.6 Å². The quantitative estimate of drug-likeness (QED) is 0.791. The Bertz CT molecular complexity index is 554. The number of rotatable bonds is 5. The number of hydrogen-bond acceptors (Lipinski definition) is 6. The number of aromatic nitrogens is 2. The third-order valence-corrected chi connectivity index (χ3v) is 4.23. The molecule has 20 heavy (non-hydrogen) atoms. The zero-order valence-electron chi connectivity index (χ0n) is 11.2. The lowest BCUT2D eigenvalue weighted by Gasteiger charge is -2.14. The molecule has 0 saturated heterocycles. The van der Waals surface area contributed by atoms with Crippen molar-refractivity contribution in [1.82, 2.24) is 15.5 Å². The van der Waals surface area contributed by atoms with E-state index >= 15 is 0 Å². The summed E-state index contributed by atoms with van der Waals surface area (Å²) in [7, 11) is 0. The van der Waals surface area contributed by atoms with E-state index in [9.17, 15) is 9.90 Å². The number of aliphatic hydroxyl groups excluding tert-OH is 1. The van der Waals surface area contributed by atoms with E-state index in [0.29, 0.717) is 5.13 Å². The first-order chi connectivity index (χ1) is 9.56. The van der Waals surface area contributed by atoms with Crippen molar-refractivity contribution in [2.24, 2.45) is 5.92 Å². The van der Waals surface area contributed by atoms with Gasteiger partial charge in [-0.2, -0.15) is 11.3 Å². The average molecular weight is 312 g/mol. The van der Waals surface area contributed by atoms with Crippen LogP contribution in [0, 0.1) is 5.92 Å². The number of nitrogens with zero attached hydrogens (tertiary/aromatic N) is 2. The summed E-state index contributed by atoms with van der Waals surface area (Å²) in [6, 6.07) is 1.56. The van der Waals surface area contributed by atoms with Gasteiger partial charge in [0.15, 0.2) is 0 Å². The average Bonchev–Trinajstić information content (AvgIpc) is 3.05. The molecule has 1 unspecified atom stereocenters. The normalized spacial score (nSPS) is 12.4. The lowest BCUT2D eigenvalue weighted by atomic mass is 10.1. The van der Waals surface area contributed by atoms with E-state index in [-0.39, 0.29) is 12.5 Å². The maximum absolute atomic E-state index is 11.6. The predicted octanol–water partition coefficient (Wildman–Crippen LogP) is 2.41. The fraction of sp³-hybridized carbons (Fsp3) is 0.417. The number of urea groups is 1. The van der Waals surface area contributed by atoms with Gasteiger partial charge in [-0.25, -0.2) is 4.79 Å². The van der Waals surface area contributed by atoms with Crippen LogP contribution in [0.2, 0.25) is 0 Å². The number of amides is 2. The minimum atomic E-state index is -0.559. The van der Waals surface area contributed by atoms with Gasteiger partial charge in [-0.15, -0.1) is 10.2 Å². The fourth-order valence-corrected chi connectivity index (χ4v) is 2.80. The summed E-state index contributed by atoms with van der Waals surface area (Å²) in [6.45, 7) is 3.99. The first-order valence-corrected chi connectivity index (χ1v) is 7.91. The van der Waals surface area contributed by atoms with Gasteiger partial charge in [0.1, 0.15) is 5.01 Å². The molecule has 2 aromatic rings. The molecule has 108 valence electrons. The molecule has 6 nitrogen and oxygen atoms in total. The second-order valence-corrected chi connectivity index (χ2v) is 6.33. The minimum absolute atomic E-state index is 0.0991. The number of carbonyl (C=O) groups excluding carboxylic acids is 1. The molecule has 0 aliphatic carbocycles. The van der Waals surface area contributed by atoms with Crippen molar-refractivity contribution in [1.29, 1.82) is 0 Å². The van der Waals surface area contributed by atoms with Crippen molar-refractivity contribution in [3.63, 3.8) is 0 Å². The van der Waals surface area contributed by atoms with Gasteiger partial charge in [0.2, 0.25) is 5.13 Å². The highest BCUT2D eigenvalue weighted by molar-refractivity contribution is 7.19. The van der Waals surface area contributed by atoms with Gasteiger partial charge >= 0.3 is 6.03 Å². The molecule has 3 N–H and O–H groups in total. The topological polar surface area (TPSA) is 87.1 Å². The van der Waals surface area contributed by atoms with E-state index in [0.717, 1.165) is 10.6 Å². The molecule has 2 amide bonds. The molecule has 0 saturated carbocycles. The molecular weight excluding hydrogens is 296 g/mol. The van der Waals surface area contributed by atoms with Gasteiger partial charge in [0, 0.05) is 17.5 Å². The first-order valence-electron chi connectivity index (χ1n) is 6.15. The molecule has 8 heteroatoms. The van der Waals surface area contributed by atoms with Crippen LogP contribution in [0.3, 0.4) is 0 Å². The van der Waals surface area contributed by atoms with Gasteiger partial charge in [-0.1, -0.05) is 25.2 Å². The fourth-order valence-electron chi connectivity index (χ4n) is 1.35. The van der Waals surface area contributed by atoms with Gasteiger partial charge in [0.05, 0.1) is 6.10 Å². The molecule has 0 aliphatic heterocycles. The Labute approximate surface area is 124 Å². The highest BCUT2D eigenvalue weighted by Gasteiger charge is 2.12. The minimum Gasteiger partial charge on any atom is -0.391 e. The lowest BCUT2D eigenvalue weighted by Crippen LogP contribution is -2.37. The maximum atomic E-state index is 11.6. The van der Waals surface area contributed by atoms with Crippen LogP contribution in [0.5, 0.6) is 0 Å². The number of anilines is 1. The second-order valence-electron chi connectivity index (χ2n) is 4.57. The summed E-state index contributed by atoms with van der Waals surface area (Å²) in [5, 5.41) is 27.9. The van der Waals surface area contributed by atoms with E-state index in [4.69, 9.17) is 0 Å². The predicted molar refractivity (Wildman–Crippen MR) is 81.1 cm³/mol. The highest BCUT2D eigenvalue weighted by atomic mass is 32.1. The Balaban J connectivity index is 1.86. The van der Waals surface area contributed by atoms with Crippen LogP contribution in [-0.2, 0) is 0 Å². The van der Waals surface area contributed by atoms with Crippen molar-refractivity contribution in [3.8, 4) is 10.6 Å². The summed E-state index contributed by atoms with van der Waals surface area (Å²) in [6.07, 6.45) is -0.559. The molecule has 0 spiro atoms. The molecule has 2 aromatic heterocycles. The Morgan fingerprint density at radius 1 is 1.45 bits per heavy atom. The number of thiophene rings is 1. The van der Waals surface area contributed by atoms with Crippen LogP contribution in [0.4, 0.5) is 9.93 Å². The van der Waals surface area contributed by atoms with Crippen molar-refractivity contribution in [2.75, 3.05) is 11.9 Å². The Morgan fingerprint density at radius 3 is 2.90 bits per heavy atom. The van der Waals surface area contributed by atoms with Crippen molar-refractivity contribution < 1.29 is 9.90 Å². The van der Waals surface area contributed by atoms with Crippen molar-refractivity contribution >= 4 is 33.8 Å². The summed E-state index contributed by atoms with van der Waals surface area (Å²) in [5.41, 5.74) is 0.996. The molecule has 0 aromatic carbocycles. The van der Waals surface area contributed by atoms with Crippen LogP contribution in [0.25, 0.3) is 10.6 Å². The molecule has 0 fully saturated rings. The Hall–Kier alpha value is -1.51. The van der Waals surface area contributed by atoms with E-state index in [1.807, 2.05) is 30.7 Å². The summed E-state index contributed by atoms with van der Waals surface area (Å²) >= 11 is 2.89. The van der Waals surface area contributed by atoms with Crippen LogP contribution in [0.15, 0.2) is 16.8 Å². The largest absolute Gasteiger partial charge is 0.391 e. The van der Waals surface area contributed by atoms with Gasteiger partial charge < -0.3 is 10.4 Å². The Morgan fingerprint density at radius 2 is 2.25 bits per heavy atom. The van der Waals surface area contributed by atoms with Crippen molar-refractivity contribution in [3.05, 3.63) is 16.8 Å². The van der Waals surface area contributed by atoms with Gasteiger partial charge in [0.25, 0.3) is 0 Å². The lowest BCUT2D eigenvalue weighted by molar-refractivity contribution is 0.126. The summed E-state index contributed by atoms with van der Waals surface area (Å²) < 4.78 is 0. The monoisotopic (exact) mass is 312 g/mol. The SMILES string of the molecule is CC(C)C(O)CNC(=O)Nc1nnc(-c2ccsc2)s1. The summed E-state index contributed by atoms with van der Waals surface area (Å²) in [4.78, 5) is 11.6. The van der Waals surface area contributed by atoms with Crippen LogP contribution >= 0.6 is 22.7 Å². The zero-order chi connectivity index (χ0) is 14.5. The number of hydrogen-bond donors (Lipinski definition) is 3. The summed E-state index contributed by atoms with van der Waals surface area (Å²) in [5.74, 6) is 0.0991. The van der Waals surface area contributed by atoms with E-state index < -0.39 is 12.1 Å². The van der Waals surface area contributed by atoms with Crippen LogP contribution in [-0.4, -0.2) is 34.0 Å².